The van der Waals surface area contributed by atoms with Crippen LogP contribution in [0.1, 0.15) is 22.5 Å². The van der Waals surface area contributed by atoms with Crippen LogP contribution in [0, 0.1) is 13.8 Å². The van der Waals surface area contributed by atoms with Crippen LogP contribution in [0.15, 0.2) is 24.5 Å². The van der Waals surface area contributed by atoms with Crippen molar-refractivity contribution in [1.82, 2.24) is 14.5 Å². The van der Waals surface area contributed by atoms with Crippen molar-refractivity contribution < 1.29 is 4.74 Å². The fourth-order valence-corrected chi connectivity index (χ4v) is 2.61. The molecule has 1 aromatic carbocycles. The third-order valence-electron chi connectivity index (χ3n) is 3.51. The highest BCUT2D eigenvalue weighted by Crippen LogP contribution is 2.24. The predicted molar refractivity (Wildman–Crippen MR) is 80.8 cm³/mol. The number of hydrogen-bond acceptors (Lipinski definition) is 3. The quantitative estimate of drug-likeness (QED) is 0.839. The van der Waals surface area contributed by atoms with E-state index >= 15 is 0 Å². The minimum absolute atomic E-state index is 0.841. The Hall–Kier alpha value is -1.81. The molecule has 108 valence electrons. The number of nitrogens with zero attached hydrogens (tertiary/aromatic N) is 3. The molecule has 0 N–H and O–H groups in total. The zero-order valence-electron chi connectivity index (χ0n) is 13.0. The van der Waals surface area contributed by atoms with E-state index in [0.29, 0.717) is 0 Å². The molecule has 0 aliphatic heterocycles. The van der Waals surface area contributed by atoms with Crippen molar-refractivity contribution in [2.75, 3.05) is 14.2 Å². The van der Waals surface area contributed by atoms with Gasteiger partial charge >= 0.3 is 0 Å². The average molecular weight is 273 g/mol. The maximum Gasteiger partial charge on any atom is 0.124 e. The highest BCUT2D eigenvalue weighted by molar-refractivity contribution is 5.43. The van der Waals surface area contributed by atoms with E-state index in [4.69, 9.17) is 4.74 Å². The van der Waals surface area contributed by atoms with E-state index < -0.39 is 0 Å². The molecular weight excluding hydrogens is 250 g/mol. The summed E-state index contributed by atoms with van der Waals surface area (Å²) >= 11 is 0. The molecule has 1 aromatic heterocycles. The summed E-state index contributed by atoms with van der Waals surface area (Å²) in [6.45, 7) is 5.92. The van der Waals surface area contributed by atoms with Gasteiger partial charge in [0.1, 0.15) is 11.6 Å². The van der Waals surface area contributed by atoms with Crippen molar-refractivity contribution in [3.8, 4) is 5.75 Å². The first-order valence-corrected chi connectivity index (χ1v) is 6.80. The largest absolute Gasteiger partial charge is 0.496 e. The van der Waals surface area contributed by atoms with Crippen LogP contribution in [0.3, 0.4) is 0 Å². The molecule has 0 saturated carbocycles. The molecule has 0 aliphatic carbocycles. The molecule has 0 aliphatic rings. The maximum absolute atomic E-state index is 5.41. The fourth-order valence-electron chi connectivity index (χ4n) is 2.61. The summed E-state index contributed by atoms with van der Waals surface area (Å²) in [4.78, 5) is 6.63. The van der Waals surface area contributed by atoms with Crippen LogP contribution in [-0.2, 0) is 20.1 Å². The van der Waals surface area contributed by atoms with Crippen LogP contribution in [0.2, 0.25) is 0 Å². The number of aryl methyl sites for hydroxylation is 3. The van der Waals surface area contributed by atoms with Gasteiger partial charge in [0.05, 0.1) is 13.7 Å². The minimum Gasteiger partial charge on any atom is -0.496 e. The number of imidazole rings is 1. The molecule has 0 spiro atoms. The van der Waals surface area contributed by atoms with Crippen molar-refractivity contribution in [3.05, 3.63) is 47.0 Å². The number of aromatic nitrogens is 2. The Labute approximate surface area is 121 Å². The summed E-state index contributed by atoms with van der Waals surface area (Å²) in [5.41, 5.74) is 3.68. The molecule has 20 heavy (non-hydrogen) atoms. The molecule has 1 heterocycles. The number of ether oxygens (including phenoxy) is 1. The van der Waals surface area contributed by atoms with E-state index in [1.54, 1.807) is 7.11 Å². The summed E-state index contributed by atoms with van der Waals surface area (Å²) in [5, 5.41) is 0. The second kappa shape index (κ2) is 6.09. The lowest BCUT2D eigenvalue weighted by atomic mass is 10.1. The van der Waals surface area contributed by atoms with Crippen molar-refractivity contribution in [3.63, 3.8) is 0 Å². The normalized spacial score (nSPS) is 11.1. The average Bonchev–Trinajstić information content (AvgIpc) is 2.74. The lowest BCUT2D eigenvalue weighted by molar-refractivity contribution is 0.306. The van der Waals surface area contributed by atoms with Gasteiger partial charge in [0.2, 0.25) is 0 Å². The zero-order valence-corrected chi connectivity index (χ0v) is 13.0. The first-order chi connectivity index (χ1) is 9.51. The van der Waals surface area contributed by atoms with E-state index in [0.717, 1.165) is 24.7 Å². The van der Waals surface area contributed by atoms with Crippen LogP contribution in [0.5, 0.6) is 5.75 Å². The van der Waals surface area contributed by atoms with Gasteiger partial charge < -0.3 is 9.30 Å². The first kappa shape index (κ1) is 14.6. The molecule has 0 saturated heterocycles. The third-order valence-corrected chi connectivity index (χ3v) is 3.51. The van der Waals surface area contributed by atoms with Crippen molar-refractivity contribution in [1.29, 1.82) is 0 Å². The molecule has 0 amide bonds. The molecule has 0 atom stereocenters. The molecule has 4 nitrogen and oxygen atoms in total. The summed E-state index contributed by atoms with van der Waals surface area (Å²) in [7, 11) is 5.86. The van der Waals surface area contributed by atoms with Gasteiger partial charge in [-0.3, -0.25) is 4.90 Å². The van der Waals surface area contributed by atoms with Crippen molar-refractivity contribution in [2.24, 2.45) is 7.05 Å². The van der Waals surface area contributed by atoms with Gasteiger partial charge in [-0.05, 0) is 37.6 Å². The topological polar surface area (TPSA) is 30.3 Å². The summed E-state index contributed by atoms with van der Waals surface area (Å²) < 4.78 is 7.47. The monoisotopic (exact) mass is 273 g/mol. The van der Waals surface area contributed by atoms with E-state index in [2.05, 4.69) is 47.5 Å². The Morgan fingerprint density at radius 3 is 2.35 bits per heavy atom. The van der Waals surface area contributed by atoms with Gasteiger partial charge in [0.25, 0.3) is 0 Å². The highest BCUT2D eigenvalue weighted by atomic mass is 16.5. The Kier molecular flexibility index (Phi) is 4.45. The van der Waals surface area contributed by atoms with Gasteiger partial charge in [-0.15, -0.1) is 0 Å². The number of benzene rings is 1. The Morgan fingerprint density at radius 2 is 1.85 bits per heavy atom. The summed E-state index contributed by atoms with van der Waals surface area (Å²) in [5.74, 6) is 2.06. The van der Waals surface area contributed by atoms with Gasteiger partial charge in [-0.1, -0.05) is 12.1 Å². The van der Waals surface area contributed by atoms with Crippen molar-refractivity contribution >= 4 is 0 Å². The molecular formula is C16H23N3O. The van der Waals surface area contributed by atoms with E-state index in [1.165, 1.54) is 16.7 Å². The molecule has 0 radical (unpaired) electrons. The fraction of sp³-hybridized carbons (Fsp3) is 0.438. The molecule has 2 aromatic rings. The van der Waals surface area contributed by atoms with Crippen LogP contribution < -0.4 is 4.74 Å². The first-order valence-electron chi connectivity index (χ1n) is 6.80. The van der Waals surface area contributed by atoms with Crippen LogP contribution in [-0.4, -0.2) is 28.6 Å². The molecule has 0 bridgehead atoms. The number of methoxy groups -OCH3 is 1. The molecule has 0 fully saturated rings. The zero-order chi connectivity index (χ0) is 14.7. The van der Waals surface area contributed by atoms with Gasteiger partial charge in [-0.25, -0.2) is 4.98 Å². The Bertz CT molecular complexity index is 566. The minimum atomic E-state index is 0.841. The van der Waals surface area contributed by atoms with Gasteiger partial charge in [-0.2, -0.15) is 0 Å². The molecule has 2 rings (SSSR count). The SMILES string of the molecule is COc1c(C)cc(CN(C)Cc2nccn2C)cc1C. The van der Waals surface area contributed by atoms with Crippen LogP contribution in [0.25, 0.3) is 0 Å². The third kappa shape index (κ3) is 3.20. The highest BCUT2D eigenvalue weighted by Gasteiger charge is 2.09. The molecule has 0 unspecified atom stereocenters. The summed E-state index contributed by atoms with van der Waals surface area (Å²) in [6, 6.07) is 4.39. The lowest BCUT2D eigenvalue weighted by Crippen LogP contribution is -2.19. The predicted octanol–water partition coefficient (Wildman–Crippen LogP) is 2.68. The Morgan fingerprint density at radius 1 is 1.20 bits per heavy atom. The number of hydrogen-bond donors (Lipinski definition) is 0. The van der Waals surface area contributed by atoms with E-state index in [9.17, 15) is 0 Å². The maximum atomic E-state index is 5.41. The van der Waals surface area contributed by atoms with Crippen LogP contribution >= 0.6 is 0 Å². The molecule has 4 heteroatoms. The van der Waals surface area contributed by atoms with Gasteiger partial charge in [0.15, 0.2) is 0 Å². The smallest absolute Gasteiger partial charge is 0.124 e. The second-order valence-electron chi connectivity index (χ2n) is 5.39. The van der Waals surface area contributed by atoms with Crippen molar-refractivity contribution in [2.45, 2.75) is 26.9 Å². The van der Waals surface area contributed by atoms with Crippen LogP contribution in [0.4, 0.5) is 0 Å². The van der Waals surface area contributed by atoms with E-state index in [1.807, 2.05) is 19.4 Å². The summed E-state index contributed by atoms with van der Waals surface area (Å²) in [6.07, 6.45) is 3.82. The second-order valence-corrected chi connectivity index (χ2v) is 5.39. The van der Waals surface area contributed by atoms with Gasteiger partial charge in [0, 0.05) is 26.0 Å². The van der Waals surface area contributed by atoms with E-state index in [-0.39, 0.29) is 0 Å². The lowest BCUT2D eigenvalue weighted by Gasteiger charge is -2.18. The number of rotatable bonds is 5. The Balaban J connectivity index is 2.08. The standard InChI is InChI=1S/C16H23N3O/c1-12-8-14(9-13(2)16(12)20-5)10-18(3)11-15-17-6-7-19(15)4/h6-9H,10-11H2,1-5H3.